The highest BCUT2D eigenvalue weighted by atomic mass is 16.5. The summed E-state index contributed by atoms with van der Waals surface area (Å²) >= 11 is 0. The molecule has 0 aliphatic carbocycles. The molecule has 0 saturated carbocycles. The van der Waals surface area contributed by atoms with Crippen molar-refractivity contribution in [2.24, 2.45) is 5.73 Å². The van der Waals surface area contributed by atoms with Gasteiger partial charge in [-0.1, -0.05) is 0 Å². The van der Waals surface area contributed by atoms with Crippen LogP contribution in [-0.4, -0.2) is 51.0 Å². The minimum atomic E-state index is 0.0274. The third-order valence-electron chi connectivity index (χ3n) is 6.53. The summed E-state index contributed by atoms with van der Waals surface area (Å²) in [6.07, 6.45) is 3.87. The summed E-state index contributed by atoms with van der Waals surface area (Å²) in [6.45, 7) is 6.39. The Kier molecular flexibility index (Phi) is 5.13. The molecule has 2 N–H and O–H groups in total. The lowest BCUT2D eigenvalue weighted by atomic mass is 10.1. The molecule has 0 bridgehead atoms. The molecule has 1 amide bonds. The molecular formula is C25H29N5O2. The van der Waals surface area contributed by atoms with Crippen LogP contribution in [0.5, 0.6) is 5.75 Å². The average Bonchev–Trinajstić information content (AvgIpc) is 3.34. The Morgan fingerprint density at radius 1 is 1.25 bits per heavy atom. The number of fused-ring (bicyclic) bond motifs is 2. The number of benzene rings is 1. The zero-order valence-electron chi connectivity index (χ0n) is 18.8. The maximum atomic E-state index is 13.0. The van der Waals surface area contributed by atoms with Gasteiger partial charge in [0.15, 0.2) is 0 Å². The third-order valence-corrected chi connectivity index (χ3v) is 6.53. The van der Waals surface area contributed by atoms with Crippen molar-refractivity contribution in [3.05, 3.63) is 53.9 Å². The van der Waals surface area contributed by atoms with Gasteiger partial charge in [0.25, 0.3) is 5.91 Å². The molecule has 4 heterocycles. The SMILES string of the molecule is CCn1c(-c2nc3cc(C(=O)N4CCCC(N)C4)ccn3c2C)cc2ccc(OC)cc21. The van der Waals surface area contributed by atoms with Crippen molar-refractivity contribution >= 4 is 22.5 Å². The quantitative estimate of drug-likeness (QED) is 0.532. The van der Waals surface area contributed by atoms with Gasteiger partial charge in [-0.2, -0.15) is 0 Å². The lowest BCUT2D eigenvalue weighted by Crippen LogP contribution is -2.45. The van der Waals surface area contributed by atoms with E-state index >= 15 is 0 Å². The Balaban J connectivity index is 1.57. The van der Waals surface area contributed by atoms with Crippen LogP contribution in [0.15, 0.2) is 42.6 Å². The molecule has 7 nitrogen and oxygen atoms in total. The number of methoxy groups -OCH3 is 1. The molecule has 5 rings (SSSR count). The number of pyridine rings is 1. The molecule has 1 atom stereocenters. The summed E-state index contributed by atoms with van der Waals surface area (Å²) in [5.74, 6) is 0.865. The number of carbonyl (C=O) groups is 1. The third kappa shape index (κ3) is 3.33. The lowest BCUT2D eigenvalue weighted by Gasteiger charge is -2.30. The van der Waals surface area contributed by atoms with Crippen LogP contribution >= 0.6 is 0 Å². The monoisotopic (exact) mass is 431 g/mol. The van der Waals surface area contributed by atoms with Crippen molar-refractivity contribution < 1.29 is 9.53 Å². The number of nitrogens with zero attached hydrogens (tertiary/aromatic N) is 4. The minimum Gasteiger partial charge on any atom is -0.497 e. The molecule has 3 aromatic heterocycles. The van der Waals surface area contributed by atoms with Crippen LogP contribution in [0.4, 0.5) is 0 Å². The van der Waals surface area contributed by atoms with Gasteiger partial charge in [0.2, 0.25) is 0 Å². The van der Waals surface area contributed by atoms with Gasteiger partial charge in [-0.25, -0.2) is 4.98 Å². The summed E-state index contributed by atoms with van der Waals surface area (Å²) < 4.78 is 9.73. The Morgan fingerprint density at radius 2 is 2.09 bits per heavy atom. The summed E-state index contributed by atoms with van der Waals surface area (Å²) in [5, 5.41) is 1.15. The number of likely N-dealkylation sites (tertiary alicyclic amines) is 1. The number of amides is 1. The van der Waals surface area contributed by atoms with Crippen molar-refractivity contribution in [3.8, 4) is 17.1 Å². The molecule has 7 heteroatoms. The fourth-order valence-electron chi connectivity index (χ4n) is 4.82. The van der Waals surface area contributed by atoms with E-state index in [1.54, 1.807) is 7.11 Å². The van der Waals surface area contributed by atoms with Gasteiger partial charge in [-0.3, -0.25) is 4.79 Å². The smallest absolute Gasteiger partial charge is 0.254 e. The maximum Gasteiger partial charge on any atom is 0.254 e. The van der Waals surface area contributed by atoms with Crippen molar-refractivity contribution in [2.75, 3.05) is 20.2 Å². The van der Waals surface area contributed by atoms with E-state index in [1.165, 1.54) is 0 Å². The number of rotatable bonds is 4. The first-order valence-corrected chi connectivity index (χ1v) is 11.2. The van der Waals surface area contributed by atoms with Gasteiger partial charge in [0, 0.05) is 54.6 Å². The minimum absolute atomic E-state index is 0.0274. The van der Waals surface area contributed by atoms with E-state index in [2.05, 4.69) is 36.6 Å². The van der Waals surface area contributed by atoms with E-state index in [-0.39, 0.29) is 11.9 Å². The first kappa shape index (κ1) is 20.6. The predicted molar refractivity (Wildman–Crippen MR) is 126 cm³/mol. The largest absolute Gasteiger partial charge is 0.497 e. The lowest BCUT2D eigenvalue weighted by molar-refractivity contribution is 0.0709. The molecule has 1 aliphatic rings. The normalized spacial score (nSPS) is 16.8. The molecule has 1 fully saturated rings. The molecular weight excluding hydrogens is 402 g/mol. The van der Waals surface area contributed by atoms with Crippen LogP contribution in [0, 0.1) is 6.92 Å². The Morgan fingerprint density at radius 3 is 2.84 bits per heavy atom. The second-order valence-electron chi connectivity index (χ2n) is 8.54. The Hall–Kier alpha value is -3.32. The zero-order valence-corrected chi connectivity index (χ0v) is 18.8. The molecule has 0 radical (unpaired) electrons. The number of carbonyl (C=O) groups excluding carboxylic acids is 1. The summed E-state index contributed by atoms with van der Waals surface area (Å²) in [6, 6.07) is 12.1. The number of aromatic nitrogens is 3. The van der Waals surface area contributed by atoms with Gasteiger partial charge in [-0.15, -0.1) is 0 Å². The van der Waals surface area contributed by atoms with Gasteiger partial charge in [-0.05, 0) is 57.0 Å². The van der Waals surface area contributed by atoms with Crippen LogP contribution < -0.4 is 10.5 Å². The molecule has 1 saturated heterocycles. The topological polar surface area (TPSA) is 77.8 Å². The fraction of sp³-hybridized carbons (Fsp3) is 0.360. The van der Waals surface area contributed by atoms with E-state index in [9.17, 15) is 4.79 Å². The first-order chi connectivity index (χ1) is 15.5. The van der Waals surface area contributed by atoms with Crippen LogP contribution in [0.3, 0.4) is 0 Å². The van der Waals surface area contributed by atoms with Crippen molar-refractivity contribution in [1.29, 1.82) is 0 Å². The van der Waals surface area contributed by atoms with E-state index in [1.807, 2.05) is 33.7 Å². The second kappa shape index (κ2) is 7.98. The number of imidazole rings is 1. The molecule has 1 aromatic carbocycles. The van der Waals surface area contributed by atoms with Crippen LogP contribution in [0.2, 0.25) is 0 Å². The van der Waals surface area contributed by atoms with Gasteiger partial charge in [0.05, 0.1) is 18.3 Å². The Bertz CT molecular complexity index is 1320. The van der Waals surface area contributed by atoms with E-state index in [0.29, 0.717) is 12.1 Å². The number of ether oxygens (including phenoxy) is 1. The van der Waals surface area contributed by atoms with Crippen LogP contribution in [0.1, 0.15) is 35.8 Å². The highest BCUT2D eigenvalue weighted by Crippen LogP contribution is 2.32. The second-order valence-corrected chi connectivity index (χ2v) is 8.54. The predicted octanol–water partition coefficient (Wildman–Crippen LogP) is 3.86. The number of piperidine rings is 1. The van der Waals surface area contributed by atoms with Crippen LogP contribution in [-0.2, 0) is 6.54 Å². The first-order valence-electron chi connectivity index (χ1n) is 11.2. The number of nitrogens with two attached hydrogens (primary N) is 1. The highest BCUT2D eigenvalue weighted by Gasteiger charge is 2.23. The highest BCUT2D eigenvalue weighted by molar-refractivity contribution is 5.95. The number of hydrogen-bond acceptors (Lipinski definition) is 4. The van der Waals surface area contributed by atoms with Crippen LogP contribution in [0.25, 0.3) is 27.9 Å². The summed E-state index contributed by atoms with van der Waals surface area (Å²) in [7, 11) is 1.68. The van der Waals surface area contributed by atoms with Gasteiger partial charge < -0.3 is 24.3 Å². The van der Waals surface area contributed by atoms with E-state index < -0.39 is 0 Å². The molecule has 32 heavy (non-hydrogen) atoms. The summed E-state index contributed by atoms with van der Waals surface area (Å²) in [5.41, 5.74) is 11.7. The average molecular weight is 432 g/mol. The molecule has 0 spiro atoms. The number of hydrogen-bond donors (Lipinski definition) is 1. The standard InChI is InChI=1S/C25H29N5O2/c1-4-29-21-14-20(32-3)8-7-17(21)12-22(29)24-16(2)30-11-9-18(13-23(30)27-24)25(31)28-10-5-6-19(26)15-28/h7-9,11-14,19H,4-6,10,15,26H2,1-3H3. The van der Waals surface area contributed by atoms with Crippen molar-refractivity contribution in [1.82, 2.24) is 18.9 Å². The molecule has 4 aromatic rings. The number of aryl methyl sites for hydroxylation is 2. The van der Waals surface area contributed by atoms with E-state index in [0.717, 1.165) is 65.3 Å². The molecule has 1 unspecified atom stereocenters. The van der Waals surface area contributed by atoms with Gasteiger partial charge in [0.1, 0.15) is 17.1 Å². The van der Waals surface area contributed by atoms with Crippen molar-refractivity contribution in [2.45, 2.75) is 39.3 Å². The Labute approximate surface area is 187 Å². The molecule has 1 aliphatic heterocycles. The van der Waals surface area contributed by atoms with Gasteiger partial charge >= 0.3 is 0 Å². The maximum absolute atomic E-state index is 13.0. The van der Waals surface area contributed by atoms with E-state index in [4.69, 9.17) is 15.5 Å². The molecule has 166 valence electrons. The zero-order chi connectivity index (χ0) is 22.4. The van der Waals surface area contributed by atoms with Crippen molar-refractivity contribution in [3.63, 3.8) is 0 Å². The summed E-state index contributed by atoms with van der Waals surface area (Å²) in [4.78, 5) is 19.9. The fourth-order valence-corrected chi connectivity index (χ4v) is 4.82.